The van der Waals surface area contributed by atoms with E-state index in [1.165, 1.54) is 5.56 Å². The third kappa shape index (κ3) is 11.8. The predicted octanol–water partition coefficient (Wildman–Crippen LogP) is -0.552. The molecule has 4 nitrogen and oxygen atoms in total. The Labute approximate surface area is 110 Å². The second-order valence-corrected chi connectivity index (χ2v) is 4.96. The van der Waals surface area contributed by atoms with Gasteiger partial charge in [0.1, 0.15) is 0 Å². The first kappa shape index (κ1) is 18.1. The molecule has 88 valence electrons. The molecule has 0 heterocycles. The fraction of sp³-hybridized carbons (Fsp3) is 0.400. The Bertz CT molecular complexity index is 379. The molecule has 0 aliphatic rings. The minimum Gasteiger partial charge on any atom is -1.00 e. The number of hydrogen-bond acceptors (Lipinski definition) is 2. The number of hydrogen-bond donors (Lipinski definition) is 2. The van der Waals surface area contributed by atoms with Crippen LogP contribution in [0.1, 0.15) is 27.8 Å². The molecule has 0 fully saturated rings. The van der Waals surface area contributed by atoms with Gasteiger partial charge in [-0.05, 0) is 11.0 Å². The molecule has 0 aromatic heterocycles. The van der Waals surface area contributed by atoms with E-state index in [9.17, 15) is 0 Å². The zero-order valence-corrected chi connectivity index (χ0v) is 10.8. The van der Waals surface area contributed by atoms with Gasteiger partial charge in [-0.2, -0.15) is 8.42 Å². The quantitative estimate of drug-likeness (QED) is 0.471. The third-order valence-corrected chi connectivity index (χ3v) is 1.64. The monoisotopic (exact) mass is 240 g/mol. The first-order valence-electron chi connectivity index (χ1n) is 4.36. The van der Waals surface area contributed by atoms with Gasteiger partial charge in [-0.15, -0.1) is 0 Å². The van der Waals surface area contributed by atoms with Crippen LogP contribution in [0.5, 0.6) is 0 Å². The Balaban J connectivity index is -0.000000247. The van der Waals surface area contributed by atoms with Gasteiger partial charge in [0, 0.05) is 0 Å². The molecule has 0 radical (unpaired) electrons. The van der Waals surface area contributed by atoms with E-state index in [1.807, 2.05) is 0 Å². The van der Waals surface area contributed by atoms with Crippen molar-refractivity contribution >= 4 is 10.4 Å². The first-order chi connectivity index (χ1) is 6.61. The first-order valence-corrected chi connectivity index (χ1v) is 5.76. The van der Waals surface area contributed by atoms with E-state index in [4.69, 9.17) is 17.5 Å². The van der Waals surface area contributed by atoms with Crippen molar-refractivity contribution < 1.29 is 37.8 Å². The van der Waals surface area contributed by atoms with Crippen LogP contribution in [0.4, 0.5) is 0 Å². The summed E-state index contributed by atoms with van der Waals surface area (Å²) in [5.74, 6) is 0. The summed E-state index contributed by atoms with van der Waals surface area (Å²) >= 11 is 0. The van der Waals surface area contributed by atoms with Crippen molar-refractivity contribution in [1.29, 1.82) is 0 Å². The van der Waals surface area contributed by atoms with Gasteiger partial charge in [-0.1, -0.05) is 51.1 Å². The predicted molar refractivity (Wildman–Crippen MR) is 60.4 cm³/mol. The zero-order valence-electron chi connectivity index (χ0n) is 11.0. The average Bonchev–Trinajstić information content (AvgIpc) is 2.01. The Kier molecular flexibility index (Phi) is 8.01. The van der Waals surface area contributed by atoms with Crippen LogP contribution < -0.4 is 18.9 Å². The van der Waals surface area contributed by atoms with Gasteiger partial charge in [0.15, 0.2) is 0 Å². The molecule has 6 heteroatoms. The molecule has 1 rings (SSSR count). The van der Waals surface area contributed by atoms with Crippen LogP contribution in [-0.4, -0.2) is 17.5 Å². The molecule has 0 unspecified atom stereocenters. The van der Waals surface area contributed by atoms with E-state index in [-0.39, 0.29) is 20.3 Å². The van der Waals surface area contributed by atoms with Crippen molar-refractivity contribution in [3.8, 4) is 0 Å². The summed E-state index contributed by atoms with van der Waals surface area (Å²) in [6, 6.07) is 10.6. The summed E-state index contributed by atoms with van der Waals surface area (Å²) in [6.45, 7) is 6.67. The van der Waals surface area contributed by atoms with Gasteiger partial charge in [0.2, 0.25) is 0 Å². The molecule has 0 atom stereocenters. The van der Waals surface area contributed by atoms with E-state index in [0.29, 0.717) is 5.41 Å². The summed E-state index contributed by atoms with van der Waals surface area (Å²) < 4.78 is 31.6. The molecule has 0 aliphatic carbocycles. The van der Waals surface area contributed by atoms with Crippen LogP contribution in [0.3, 0.4) is 0 Å². The second-order valence-electron chi connectivity index (χ2n) is 4.06. The molecule has 16 heavy (non-hydrogen) atoms. The second kappa shape index (κ2) is 7.10. The molecule has 1 aromatic rings. The molecule has 0 saturated heterocycles. The standard InChI is InChI=1S/C10H14.Li.H2O4S.H/c1-10(2,3)9-7-5-4-6-8-9;;1-5(2,3)4;/h4-8H,1-3H3;;(H2,1,2,3,4);/q;+1;;-1. The molecule has 0 bridgehead atoms. The summed E-state index contributed by atoms with van der Waals surface area (Å²) in [5.41, 5.74) is 1.69. The normalized spacial score (nSPS) is 10.8. The molecule has 2 N–H and O–H groups in total. The van der Waals surface area contributed by atoms with Crippen molar-refractivity contribution in [3.05, 3.63) is 35.9 Å². The van der Waals surface area contributed by atoms with E-state index >= 15 is 0 Å². The molecule has 0 spiro atoms. The van der Waals surface area contributed by atoms with Gasteiger partial charge in [-0.3, -0.25) is 9.11 Å². The summed E-state index contributed by atoms with van der Waals surface area (Å²) in [7, 11) is -4.67. The maximum atomic E-state index is 8.74. The van der Waals surface area contributed by atoms with Crippen LogP contribution in [0, 0.1) is 0 Å². The Hall–Kier alpha value is -0.313. The van der Waals surface area contributed by atoms with Crippen LogP contribution in [0.2, 0.25) is 0 Å². The molecular weight excluding hydrogens is 223 g/mol. The van der Waals surface area contributed by atoms with Crippen LogP contribution >= 0.6 is 0 Å². The van der Waals surface area contributed by atoms with Crippen molar-refractivity contribution in [2.24, 2.45) is 0 Å². The van der Waals surface area contributed by atoms with Gasteiger partial charge < -0.3 is 1.43 Å². The van der Waals surface area contributed by atoms with Gasteiger partial charge in [0.25, 0.3) is 0 Å². The molecule has 0 amide bonds. The molecule has 0 aliphatic heterocycles. The van der Waals surface area contributed by atoms with E-state index in [1.54, 1.807) is 0 Å². The Morgan fingerprint density at radius 3 is 1.56 bits per heavy atom. The summed E-state index contributed by atoms with van der Waals surface area (Å²) in [4.78, 5) is 0. The maximum Gasteiger partial charge on any atom is 1.00 e. The fourth-order valence-electron chi connectivity index (χ4n) is 0.938. The van der Waals surface area contributed by atoms with Gasteiger partial charge >= 0.3 is 29.3 Å². The van der Waals surface area contributed by atoms with E-state index in [0.717, 1.165) is 0 Å². The fourth-order valence-corrected chi connectivity index (χ4v) is 0.938. The minimum absolute atomic E-state index is 0. The zero-order chi connectivity index (χ0) is 12.1. The van der Waals surface area contributed by atoms with Crippen molar-refractivity contribution in [2.75, 3.05) is 0 Å². The summed E-state index contributed by atoms with van der Waals surface area (Å²) in [5, 5.41) is 0. The maximum absolute atomic E-state index is 8.74. The smallest absolute Gasteiger partial charge is 1.00 e. The largest absolute Gasteiger partial charge is 1.00 e. The van der Waals surface area contributed by atoms with Crippen molar-refractivity contribution in [2.45, 2.75) is 26.2 Å². The Morgan fingerprint density at radius 2 is 1.38 bits per heavy atom. The summed E-state index contributed by atoms with van der Waals surface area (Å²) in [6.07, 6.45) is 0. The van der Waals surface area contributed by atoms with Crippen molar-refractivity contribution in [1.82, 2.24) is 0 Å². The average molecular weight is 240 g/mol. The van der Waals surface area contributed by atoms with Gasteiger partial charge in [0.05, 0.1) is 0 Å². The van der Waals surface area contributed by atoms with E-state index < -0.39 is 10.4 Å². The third-order valence-electron chi connectivity index (χ3n) is 1.64. The SMILES string of the molecule is CC(C)(C)c1ccccc1.O=S(=O)(O)O.[H-].[Li+]. The van der Waals surface area contributed by atoms with E-state index in [2.05, 4.69) is 51.1 Å². The molecule has 0 saturated carbocycles. The van der Waals surface area contributed by atoms with Crippen LogP contribution in [0.15, 0.2) is 30.3 Å². The molecular formula is C10H17LiO4S. The van der Waals surface area contributed by atoms with Gasteiger partial charge in [-0.25, -0.2) is 0 Å². The van der Waals surface area contributed by atoms with Crippen molar-refractivity contribution in [3.63, 3.8) is 0 Å². The number of rotatable bonds is 0. The van der Waals surface area contributed by atoms with Crippen LogP contribution in [0.25, 0.3) is 0 Å². The Morgan fingerprint density at radius 1 is 1.06 bits per heavy atom. The number of benzene rings is 1. The molecule has 1 aromatic carbocycles. The van der Waals surface area contributed by atoms with Crippen LogP contribution in [-0.2, 0) is 15.8 Å². The topological polar surface area (TPSA) is 74.6 Å². The minimum atomic E-state index is -4.67.